The minimum absolute atomic E-state index is 0.0276. The number of benzene rings is 1. The predicted molar refractivity (Wildman–Crippen MR) is 91.8 cm³/mol. The van der Waals surface area contributed by atoms with Gasteiger partial charge in [-0.3, -0.25) is 4.79 Å². The van der Waals surface area contributed by atoms with Crippen LogP contribution in [-0.2, 0) is 10.2 Å². The number of nitrogens with one attached hydrogen (secondary N) is 1. The van der Waals surface area contributed by atoms with Crippen molar-refractivity contribution in [3.8, 4) is 10.9 Å². The van der Waals surface area contributed by atoms with Gasteiger partial charge >= 0.3 is 0 Å². The lowest BCUT2D eigenvalue weighted by atomic mass is 9.95. The maximum Gasteiger partial charge on any atom is 0.236 e. The second kappa shape index (κ2) is 5.76. The second-order valence-electron chi connectivity index (χ2n) is 5.73. The van der Waals surface area contributed by atoms with Crippen LogP contribution in [0.4, 0.5) is 5.82 Å². The maximum atomic E-state index is 12.8. The van der Waals surface area contributed by atoms with Crippen molar-refractivity contribution >= 4 is 23.1 Å². The molecule has 0 spiro atoms. The second-order valence-corrected chi connectivity index (χ2v) is 6.60. The Balaban J connectivity index is 1.54. The van der Waals surface area contributed by atoms with Gasteiger partial charge in [0.15, 0.2) is 5.82 Å². The molecule has 2 heterocycles. The van der Waals surface area contributed by atoms with Crippen LogP contribution >= 0.6 is 11.3 Å². The van der Waals surface area contributed by atoms with E-state index in [2.05, 4.69) is 15.4 Å². The number of thiazole rings is 1. The Morgan fingerprint density at radius 1 is 1.38 bits per heavy atom. The van der Waals surface area contributed by atoms with Crippen LogP contribution in [0.3, 0.4) is 0 Å². The van der Waals surface area contributed by atoms with Gasteiger partial charge in [-0.25, -0.2) is 9.67 Å². The summed E-state index contributed by atoms with van der Waals surface area (Å²) in [5, 5.41) is 9.95. The van der Waals surface area contributed by atoms with Crippen LogP contribution in [0.25, 0.3) is 5.13 Å². The smallest absolute Gasteiger partial charge is 0.236 e. The molecule has 0 radical (unpaired) electrons. The summed E-state index contributed by atoms with van der Waals surface area (Å²) in [6.45, 7) is 0. The number of methoxy groups -OCH3 is 1. The van der Waals surface area contributed by atoms with Crippen molar-refractivity contribution in [1.29, 1.82) is 0 Å². The molecule has 1 aliphatic rings. The topological polar surface area (TPSA) is 69.0 Å². The van der Waals surface area contributed by atoms with E-state index in [1.807, 2.05) is 29.6 Å². The Labute approximate surface area is 143 Å². The first-order chi connectivity index (χ1) is 11.7. The minimum atomic E-state index is -0.473. The van der Waals surface area contributed by atoms with Gasteiger partial charge in [0.05, 0.1) is 12.5 Å². The summed E-state index contributed by atoms with van der Waals surface area (Å²) < 4.78 is 6.93. The Hall–Kier alpha value is -2.67. The number of aromatic nitrogens is 3. The normalized spacial score (nSPS) is 15.0. The van der Waals surface area contributed by atoms with E-state index < -0.39 is 5.41 Å². The first kappa shape index (κ1) is 14.9. The largest absolute Gasteiger partial charge is 0.497 e. The summed E-state index contributed by atoms with van der Waals surface area (Å²) in [7, 11) is 1.63. The van der Waals surface area contributed by atoms with E-state index in [4.69, 9.17) is 4.74 Å². The third-order valence-corrected chi connectivity index (χ3v) is 5.01. The quantitative estimate of drug-likeness (QED) is 0.775. The van der Waals surface area contributed by atoms with Gasteiger partial charge in [-0.05, 0) is 30.5 Å². The number of anilines is 1. The van der Waals surface area contributed by atoms with Crippen LogP contribution < -0.4 is 10.1 Å². The van der Waals surface area contributed by atoms with Crippen LogP contribution in [0.15, 0.2) is 48.1 Å². The van der Waals surface area contributed by atoms with Crippen LogP contribution in [0, 0.1) is 0 Å². The van der Waals surface area contributed by atoms with Crippen molar-refractivity contribution in [2.24, 2.45) is 0 Å². The highest BCUT2D eigenvalue weighted by Crippen LogP contribution is 2.49. The van der Waals surface area contributed by atoms with Gasteiger partial charge in [0, 0.05) is 23.8 Å². The molecule has 122 valence electrons. The molecule has 1 fully saturated rings. The summed E-state index contributed by atoms with van der Waals surface area (Å²) >= 11 is 1.49. The Morgan fingerprint density at radius 2 is 2.25 bits per heavy atom. The number of carbonyl (C=O) groups excluding carboxylic acids is 1. The highest BCUT2D eigenvalue weighted by atomic mass is 32.1. The fraction of sp³-hybridized carbons (Fsp3) is 0.235. The number of rotatable bonds is 5. The highest BCUT2D eigenvalue weighted by Gasteiger charge is 2.51. The lowest BCUT2D eigenvalue weighted by molar-refractivity contribution is -0.118. The molecule has 1 aliphatic carbocycles. The average Bonchev–Trinajstić information content (AvgIpc) is 3.02. The van der Waals surface area contributed by atoms with Crippen molar-refractivity contribution in [2.45, 2.75) is 18.3 Å². The molecule has 1 N–H and O–H groups in total. The van der Waals surface area contributed by atoms with Crippen molar-refractivity contribution in [3.05, 3.63) is 53.7 Å². The third kappa shape index (κ3) is 2.56. The van der Waals surface area contributed by atoms with Gasteiger partial charge < -0.3 is 10.1 Å². The average molecular weight is 340 g/mol. The van der Waals surface area contributed by atoms with E-state index in [0.717, 1.165) is 29.3 Å². The molecule has 2 aromatic heterocycles. The van der Waals surface area contributed by atoms with Gasteiger partial charge in [-0.15, -0.1) is 16.4 Å². The molecular weight excluding hydrogens is 324 g/mol. The molecule has 3 aromatic rings. The first-order valence-electron chi connectivity index (χ1n) is 7.63. The SMILES string of the molecule is COc1cccc(C2(C(=O)Nc3ccn(-c4nccs4)n3)CC2)c1. The van der Waals surface area contributed by atoms with E-state index in [1.165, 1.54) is 11.3 Å². The zero-order valence-corrected chi connectivity index (χ0v) is 13.9. The van der Waals surface area contributed by atoms with Crippen molar-refractivity contribution in [2.75, 3.05) is 12.4 Å². The fourth-order valence-electron chi connectivity index (χ4n) is 2.75. The van der Waals surface area contributed by atoms with E-state index in [1.54, 1.807) is 30.3 Å². The number of ether oxygens (including phenoxy) is 1. The molecule has 0 unspecified atom stereocenters. The fourth-order valence-corrected chi connectivity index (χ4v) is 3.33. The van der Waals surface area contributed by atoms with E-state index in [9.17, 15) is 4.79 Å². The summed E-state index contributed by atoms with van der Waals surface area (Å²) in [4.78, 5) is 17.0. The molecular formula is C17H16N4O2S. The lowest BCUT2D eigenvalue weighted by Crippen LogP contribution is -2.28. The Kier molecular flexibility index (Phi) is 3.57. The number of carbonyl (C=O) groups is 1. The van der Waals surface area contributed by atoms with Crippen LogP contribution in [-0.4, -0.2) is 27.8 Å². The zero-order valence-electron chi connectivity index (χ0n) is 13.1. The van der Waals surface area contributed by atoms with Crippen molar-refractivity contribution in [3.63, 3.8) is 0 Å². The minimum Gasteiger partial charge on any atom is -0.497 e. The number of hydrogen-bond acceptors (Lipinski definition) is 5. The number of nitrogens with zero attached hydrogens (tertiary/aromatic N) is 3. The number of amides is 1. The summed E-state index contributed by atoms with van der Waals surface area (Å²) in [6.07, 6.45) is 5.18. The standard InChI is InChI=1S/C17H16N4O2S/c1-23-13-4-2-3-12(11-13)17(6-7-17)15(22)19-14-5-9-21(20-14)16-18-8-10-24-16/h2-5,8-11H,6-7H2,1H3,(H,19,20,22). The Bertz CT molecular complexity index is 868. The lowest BCUT2D eigenvalue weighted by Gasteiger charge is -2.15. The monoisotopic (exact) mass is 340 g/mol. The first-order valence-corrected chi connectivity index (χ1v) is 8.51. The van der Waals surface area contributed by atoms with Gasteiger partial charge in [0.25, 0.3) is 0 Å². The molecule has 0 saturated heterocycles. The molecule has 4 rings (SSSR count). The Morgan fingerprint density at radius 3 is 2.96 bits per heavy atom. The molecule has 7 heteroatoms. The van der Waals surface area contributed by atoms with E-state index >= 15 is 0 Å². The van der Waals surface area contributed by atoms with E-state index in [-0.39, 0.29) is 5.91 Å². The molecule has 6 nitrogen and oxygen atoms in total. The van der Waals surface area contributed by atoms with Gasteiger partial charge in [-0.2, -0.15) is 0 Å². The molecule has 0 bridgehead atoms. The molecule has 0 aliphatic heterocycles. The molecule has 1 amide bonds. The summed E-state index contributed by atoms with van der Waals surface area (Å²) in [5.74, 6) is 1.27. The van der Waals surface area contributed by atoms with Crippen molar-refractivity contribution in [1.82, 2.24) is 14.8 Å². The predicted octanol–water partition coefficient (Wildman–Crippen LogP) is 3.01. The van der Waals surface area contributed by atoms with Gasteiger partial charge in [0.2, 0.25) is 11.0 Å². The molecule has 0 atom stereocenters. The maximum absolute atomic E-state index is 12.8. The van der Waals surface area contributed by atoms with Gasteiger partial charge in [-0.1, -0.05) is 12.1 Å². The van der Waals surface area contributed by atoms with E-state index in [0.29, 0.717) is 5.82 Å². The van der Waals surface area contributed by atoms with Gasteiger partial charge in [0.1, 0.15) is 5.75 Å². The zero-order chi connectivity index (χ0) is 16.6. The third-order valence-electron chi connectivity index (χ3n) is 4.25. The van der Waals surface area contributed by atoms with Crippen molar-refractivity contribution < 1.29 is 9.53 Å². The molecule has 1 aromatic carbocycles. The molecule has 24 heavy (non-hydrogen) atoms. The number of hydrogen-bond donors (Lipinski definition) is 1. The molecule has 1 saturated carbocycles. The van der Waals surface area contributed by atoms with Crippen LogP contribution in [0.5, 0.6) is 5.75 Å². The summed E-state index contributed by atoms with van der Waals surface area (Å²) in [6, 6.07) is 9.48. The van der Waals surface area contributed by atoms with Crippen LogP contribution in [0.2, 0.25) is 0 Å². The van der Waals surface area contributed by atoms with Crippen LogP contribution in [0.1, 0.15) is 18.4 Å². The highest BCUT2D eigenvalue weighted by molar-refractivity contribution is 7.12. The summed E-state index contributed by atoms with van der Waals surface area (Å²) in [5.41, 5.74) is 0.512.